The van der Waals surface area contributed by atoms with Crippen molar-refractivity contribution >= 4 is 0 Å². The normalized spacial score (nSPS) is 28.8. The summed E-state index contributed by atoms with van der Waals surface area (Å²) < 4.78 is 5.48. The second-order valence-corrected chi connectivity index (χ2v) is 4.80. The maximum Gasteiger partial charge on any atom is 0.0622 e. The largest absolute Gasteiger partial charge is 0.380 e. The number of likely N-dealkylation sites (N-methyl/N-ethyl adjacent to an activating group) is 1. The van der Waals surface area contributed by atoms with Gasteiger partial charge in [0.15, 0.2) is 0 Å². The Hall–Kier alpha value is -0.120. The predicted molar refractivity (Wildman–Crippen MR) is 62.1 cm³/mol. The summed E-state index contributed by atoms with van der Waals surface area (Å²) in [6.07, 6.45) is 3.94. The number of rotatable bonds is 4. The zero-order valence-corrected chi connectivity index (χ0v) is 9.87. The van der Waals surface area contributed by atoms with Gasteiger partial charge in [-0.2, -0.15) is 0 Å². The van der Waals surface area contributed by atoms with Crippen molar-refractivity contribution in [1.29, 1.82) is 0 Å². The Morgan fingerprint density at radius 2 is 2.07 bits per heavy atom. The summed E-state index contributed by atoms with van der Waals surface area (Å²) in [6, 6.07) is 0.699. The number of hydrogen-bond acceptors (Lipinski definition) is 3. The molecule has 0 radical (unpaired) electrons. The first-order valence-corrected chi connectivity index (χ1v) is 6.42. The van der Waals surface area contributed by atoms with Crippen molar-refractivity contribution < 1.29 is 4.74 Å². The van der Waals surface area contributed by atoms with Crippen LogP contribution in [-0.2, 0) is 4.74 Å². The van der Waals surface area contributed by atoms with Gasteiger partial charge in [-0.05, 0) is 44.8 Å². The summed E-state index contributed by atoms with van der Waals surface area (Å²) in [4.78, 5) is 2.63. The monoisotopic (exact) mass is 212 g/mol. The van der Waals surface area contributed by atoms with Crippen LogP contribution in [0.25, 0.3) is 0 Å². The molecule has 0 aromatic heterocycles. The van der Waals surface area contributed by atoms with E-state index in [0.717, 1.165) is 19.1 Å². The van der Waals surface area contributed by atoms with Crippen LogP contribution in [0, 0.1) is 5.92 Å². The van der Waals surface area contributed by atoms with Crippen molar-refractivity contribution in [3.63, 3.8) is 0 Å². The third-order valence-corrected chi connectivity index (χ3v) is 3.78. The van der Waals surface area contributed by atoms with Crippen molar-refractivity contribution in [1.82, 2.24) is 10.2 Å². The Morgan fingerprint density at radius 1 is 1.27 bits per heavy atom. The highest BCUT2D eigenvalue weighted by atomic mass is 16.5. The quantitative estimate of drug-likeness (QED) is 0.755. The van der Waals surface area contributed by atoms with Crippen molar-refractivity contribution in [3.8, 4) is 0 Å². The van der Waals surface area contributed by atoms with Crippen molar-refractivity contribution in [2.75, 3.05) is 39.4 Å². The topological polar surface area (TPSA) is 24.5 Å². The maximum absolute atomic E-state index is 5.48. The van der Waals surface area contributed by atoms with Crippen LogP contribution in [0.5, 0.6) is 0 Å². The van der Waals surface area contributed by atoms with Crippen molar-refractivity contribution in [2.24, 2.45) is 5.92 Å². The first kappa shape index (κ1) is 11.4. The van der Waals surface area contributed by atoms with Gasteiger partial charge < -0.3 is 10.1 Å². The molecule has 0 aromatic carbocycles. The molecule has 0 aliphatic carbocycles. The van der Waals surface area contributed by atoms with Crippen LogP contribution in [0.1, 0.15) is 26.2 Å². The first-order valence-electron chi connectivity index (χ1n) is 6.42. The van der Waals surface area contributed by atoms with E-state index in [0.29, 0.717) is 6.04 Å². The lowest BCUT2D eigenvalue weighted by Gasteiger charge is -2.32. The van der Waals surface area contributed by atoms with Gasteiger partial charge in [0.2, 0.25) is 0 Å². The van der Waals surface area contributed by atoms with Crippen molar-refractivity contribution in [2.45, 2.75) is 32.2 Å². The molecule has 0 spiro atoms. The van der Waals surface area contributed by atoms with E-state index in [1.54, 1.807) is 0 Å². The highest BCUT2D eigenvalue weighted by molar-refractivity contribution is 4.79. The summed E-state index contributed by atoms with van der Waals surface area (Å²) in [7, 11) is 0. The summed E-state index contributed by atoms with van der Waals surface area (Å²) >= 11 is 0. The van der Waals surface area contributed by atoms with E-state index in [9.17, 15) is 0 Å². The fourth-order valence-corrected chi connectivity index (χ4v) is 2.74. The maximum atomic E-state index is 5.48. The van der Waals surface area contributed by atoms with Crippen LogP contribution in [-0.4, -0.2) is 50.3 Å². The highest BCUT2D eigenvalue weighted by Crippen LogP contribution is 2.18. The average molecular weight is 212 g/mol. The van der Waals surface area contributed by atoms with Gasteiger partial charge >= 0.3 is 0 Å². The van der Waals surface area contributed by atoms with Gasteiger partial charge in [-0.1, -0.05) is 6.92 Å². The van der Waals surface area contributed by atoms with E-state index in [2.05, 4.69) is 17.1 Å². The zero-order chi connectivity index (χ0) is 10.5. The molecule has 3 nitrogen and oxygen atoms in total. The molecule has 1 atom stereocenters. The van der Waals surface area contributed by atoms with E-state index in [-0.39, 0.29) is 0 Å². The average Bonchev–Trinajstić information content (AvgIpc) is 2.81. The van der Waals surface area contributed by atoms with E-state index in [1.165, 1.54) is 45.4 Å². The molecule has 1 unspecified atom stereocenters. The van der Waals surface area contributed by atoms with Crippen LogP contribution in [0.2, 0.25) is 0 Å². The van der Waals surface area contributed by atoms with Crippen LogP contribution in [0.4, 0.5) is 0 Å². The highest BCUT2D eigenvalue weighted by Gasteiger charge is 2.24. The fraction of sp³-hybridized carbons (Fsp3) is 1.00. The Labute approximate surface area is 93.2 Å². The summed E-state index contributed by atoms with van der Waals surface area (Å²) in [6.45, 7) is 9.09. The molecule has 2 rings (SSSR count). The molecular weight excluding hydrogens is 188 g/mol. The lowest BCUT2D eigenvalue weighted by Crippen LogP contribution is -2.41. The SMILES string of the molecule is CCN(CC1CCNCC1)C1CCOC1. The van der Waals surface area contributed by atoms with Gasteiger partial charge in [0.05, 0.1) is 6.61 Å². The van der Waals surface area contributed by atoms with Crippen LogP contribution < -0.4 is 5.32 Å². The number of ether oxygens (including phenoxy) is 1. The minimum absolute atomic E-state index is 0.699. The molecule has 2 aliphatic rings. The van der Waals surface area contributed by atoms with Gasteiger partial charge in [0.25, 0.3) is 0 Å². The van der Waals surface area contributed by atoms with E-state index < -0.39 is 0 Å². The Balaban J connectivity index is 1.78. The molecule has 0 bridgehead atoms. The first-order chi connectivity index (χ1) is 7.40. The third-order valence-electron chi connectivity index (χ3n) is 3.78. The van der Waals surface area contributed by atoms with Gasteiger partial charge in [-0.25, -0.2) is 0 Å². The number of nitrogens with one attached hydrogen (secondary N) is 1. The molecule has 0 amide bonds. The Bertz CT molecular complexity index is 174. The van der Waals surface area contributed by atoms with Gasteiger partial charge in [-0.15, -0.1) is 0 Å². The molecule has 2 saturated heterocycles. The number of piperidine rings is 1. The molecule has 2 aliphatic heterocycles. The zero-order valence-electron chi connectivity index (χ0n) is 9.87. The Kier molecular flexibility index (Phi) is 4.42. The molecule has 3 heteroatoms. The van der Waals surface area contributed by atoms with Crippen LogP contribution >= 0.6 is 0 Å². The molecule has 1 N–H and O–H groups in total. The molecule has 0 saturated carbocycles. The second kappa shape index (κ2) is 5.83. The number of hydrogen-bond donors (Lipinski definition) is 1. The Morgan fingerprint density at radius 3 is 2.67 bits per heavy atom. The van der Waals surface area contributed by atoms with Gasteiger partial charge in [0, 0.05) is 19.2 Å². The third kappa shape index (κ3) is 3.16. The summed E-state index contributed by atoms with van der Waals surface area (Å²) in [5, 5.41) is 3.43. The standard InChI is InChI=1S/C12H24N2O/c1-2-14(12-5-8-15-10-12)9-11-3-6-13-7-4-11/h11-13H,2-10H2,1H3. The van der Waals surface area contributed by atoms with E-state index >= 15 is 0 Å². The molecule has 2 heterocycles. The van der Waals surface area contributed by atoms with Gasteiger partial charge in [0.1, 0.15) is 0 Å². The molecule has 15 heavy (non-hydrogen) atoms. The van der Waals surface area contributed by atoms with E-state index in [4.69, 9.17) is 4.74 Å². The fourth-order valence-electron chi connectivity index (χ4n) is 2.74. The summed E-state index contributed by atoms with van der Waals surface area (Å²) in [5.41, 5.74) is 0. The summed E-state index contributed by atoms with van der Waals surface area (Å²) in [5.74, 6) is 0.909. The van der Waals surface area contributed by atoms with Crippen LogP contribution in [0.3, 0.4) is 0 Å². The molecule has 0 aromatic rings. The molecular formula is C12H24N2O. The minimum Gasteiger partial charge on any atom is -0.380 e. The molecule has 2 fully saturated rings. The van der Waals surface area contributed by atoms with Crippen molar-refractivity contribution in [3.05, 3.63) is 0 Å². The van der Waals surface area contributed by atoms with Gasteiger partial charge in [-0.3, -0.25) is 4.90 Å². The predicted octanol–water partition coefficient (Wildman–Crippen LogP) is 1.10. The second-order valence-electron chi connectivity index (χ2n) is 4.80. The lowest BCUT2D eigenvalue weighted by molar-refractivity contribution is 0.127. The van der Waals surface area contributed by atoms with Crippen LogP contribution in [0.15, 0.2) is 0 Å². The smallest absolute Gasteiger partial charge is 0.0622 e. The lowest BCUT2D eigenvalue weighted by atomic mass is 9.97. The number of nitrogens with zero attached hydrogens (tertiary/aromatic N) is 1. The molecule has 88 valence electrons. The van der Waals surface area contributed by atoms with E-state index in [1.807, 2.05) is 0 Å². The minimum atomic E-state index is 0.699.